The van der Waals surface area contributed by atoms with E-state index in [4.69, 9.17) is 23.7 Å². The van der Waals surface area contributed by atoms with Crippen LogP contribution in [0.1, 0.15) is 21.5 Å². The van der Waals surface area contributed by atoms with Gasteiger partial charge in [-0.15, -0.1) is 0 Å². The quantitative estimate of drug-likeness (QED) is 0.0738. The van der Waals surface area contributed by atoms with Gasteiger partial charge in [0.25, 0.3) is 11.7 Å². The molecule has 4 aromatic rings. The Kier molecular flexibility index (Phi) is 12.5. The third-order valence-electron chi connectivity index (χ3n) is 8.08. The fraction of sp³-hybridized carbons (Fsp3) is 0.371. The first-order valence-corrected chi connectivity index (χ1v) is 16.0. The molecular formula is C35H36F5N5O7. The van der Waals surface area contributed by atoms with E-state index in [1.165, 1.54) is 32.4 Å². The third kappa shape index (κ3) is 9.47. The van der Waals surface area contributed by atoms with E-state index in [9.17, 15) is 22.8 Å². The van der Waals surface area contributed by atoms with Crippen molar-refractivity contribution in [3.05, 3.63) is 77.1 Å². The van der Waals surface area contributed by atoms with E-state index in [1.54, 1.807) is 6.07 Å². The molecule has 3 aromatic carbocycles. The first kappa shape index (κ1) is 38.3. The summed E-state index contributed by atoms with van der Waals surface area (Å²) in [4.78, 5) is 37.9. The number of nitrogens with zero attached hydrogens (tertiary/aromatic N) is 4. The number of ether oxygens (including phenoxy) is 5. The van der Waals surface area contributed by atoms with Gasteiger partial charge in [0.2, 0.25) is 5.88 Å². The highest BCUT2D eigenvalue weighted by Gasteiger charge is 2.35. The second-order valence-corrected chi connectivity index (χ2v) is 11.8. The van der Waals surface area contributed by atoms with Gasteiger partial charge in [0, 0.05) is 70.8 Å². The lowest BCUT2D eigenvalue weighted by Crippen LogP contribution is -2.44. The fourth-order valence-electron chi connectivity index (χ4n) is 5.36. The first-order chi connectivity index (χ1) is 24.9. The van der Waals surface area contributed by atoms with Gasteiger partial charge in [-0.2, -0.15) is 13.2 Å². The molecule has 5 rings (SSSR count). The third-order valence-corrected chi connectivity index (χ3v) is 8.08. The molecule has 52 heavy (non-hydrogen) atoms. The van der Waals surface area contributed by atoms with Crippen LogP contribution in [0.5, 0.6) is 23.1 Å². The minimum absolute atomic E-state index is 0.0174. The maximum atomic E-state index is 15.3. The number of nitrogens with one attached hydrogen (secondary N) is 1. The number of benzene rings is 3. The summed E-state index contributed by atoms with van der Waals surface area (Å²) in [6.45, 7) is 3.52. The number of piperazine rings is 1. The van der Waals surface area contributed by atoms with Crippen LogP contribution in [0.2, 0.25) is 0 Å². The summed E-state index contributed by atoms with van der Waals surface area (Å²) in [5.41, 5.74) is -2.29. The summed E-state index contributed by atoms with van der Waals surface area (Å²) in [5.74, 6) is -6.04. The molecule has 1 fully saturated rings. The number of anilines is 1. The van der Waals surface area contributed by atoms with Crippen molar-refractivity contribution in [3.8, 4) is 23.1 Å². The van der Waals surface area contributed by atoms with E-state index in [-0.39, 0.29) is 54.6 Å². The lowest BCUT2D eigenvalue weighted by atomic mass is 10.0. The largest absolute Gasteiger partial charge is 0.487 e. The van der Waals surface area contributed by atoms with Gasteiger partial charge in [0.1, 0.15) is 36.9 Å². The fourth-order valence-corrected chi connectivity index (χ4v) is 5.36. The topological polar surface area (TPSA) is 125 Å². The lowest BCUT2D eigenvalue weighted by Gasteiger charge is -2.33. The Morgan fingerprint density at radius 2 is 1.48 bits per heavy atom. The molecule has 17 heteroatoms. The molecule has 1 N–H and O–H groups in total. The second kappa shape index (κ2) is 17.0. The van der Waals surface area contributed by atoms with Gasteiger partial charge in [-0.25, -0.2) is 18.7 Å². The molecule has 0 radical (unpaired) electrons. The van der Waals surface area contributed by atoms with Crippen LogP contribution in [0.3, 0.4) is 0 Å². The Morgan fingerprint density at radius 3 is 2.10 bits per heavy atom. The molecule has 0 spiro atoms. The summed E-state index contributed by atoms with van der Waals surface area (Å²) >= 11 is 0. The van der Waals surface area contributed by atoms with Crippen molar-refractivity contribution in [2.24, 2.45) is 0 Å². The van der Waals surface area contributed by atoms with Crippen molar-refractivity contribution in [1.82, 2.24) is 19.8 Å². The summed E-state index contributed by atoms with van der Waals surface area (Å²) < 4.78 is 99.8. The lowest BCUT2D eigenvalue weighted by molar-refractivity contribution is -0.138. The Hall–Kier alpha value is -4.97. The number of amides is 1. The Bertz CT molecular complexity index is 1880. The van der Waals surface area contributed by atoms with Crippen molar-refractivity contribution in [2.75, 3.05) is 79.2 Å². The molecular weight excluding hydrogens is 697 g/mol. The van der Waals surface area contributed by atoms with Crippen LogP contribution in [0, 0.1) is 11.6 Å². The van der Waals surface area contributed by atoms with Crippen LogP contribution in [-0.4, -0.2) is 105 Å². The van der Waals surface area contributed by atoms with Crippen LogP contribution in [0.25, 0.3) is 10.9 Å². The number of ketones is 1. The number of carbonyl (C=O) groups is 2. The number of Topliss-reactive ketones (excluding diaryl/α,β-unsaturated/α-hetero) is 1. The number of likely N-dealkylation sites (N-methyl/N-ethyl adjacent to an activating group) is 1. The van der Waals surface area contributed by atoms with Gasteiger partial charge < -0.3 is 33.9 Å². The second-order valence-electron chi connectivity index (χ2n) is 11.8. The van der Waals surface area contributed by atoms with Crippen molar-refractivity contribution >= 4 is 28.3 Å². The summed E-state index contributed by atoms with van der Waals surface area (Å²) in [6.07, 6.45) is -3.62. The molecule has 12 nitrogen and oxygen atoms in total. The van der Waals surface area contributed by atoms with Crippen molar-refractivity contribution in [1.29, 1.82) is 0 Å². The van der Waals surface area contributed by atoms with Crippen molar-refractivity contribution in [2.45, 2.75) is 12.7 Å². The predicted molar refractivity (Wildman–Crippen MR) is 178 cm³/mol. The minimum atomic E-state index is -4.77. The number of aromatic nitrogens is 2. The van der Waals surface area contributed by atoms with E-state index < -0.39 is 46.4 Å². The molecule has 0 bridgehead atoms. The van der Waals surface area contributed by atoms with Gasteiger partial charge >= 0.3 is 6.18 Å². The minimum Gasteiger partial charge on any atom is -0.487 e. The molecule has 0 atom stereocenters. The van der Waals surface area contributed by atoms with Gasteiger partial charge in [0.05, 0.1) is 35.2 Å². The highest BCUT2D eigenvalue weighted by molar-refractivity contribution is 6.46. The molecule has 0 unspecified atom stereocenters. The smallest absolute Gasteiger partial charge is 0.416 e. The summed E-state index contributed by atoms with van der Waals surface area (Å²) in [6, 6.07) is 7.51. The molecule has 0 aliphatic carbocycles. The monoisotopic (exact) mass is 733 g/mol. The normalized spacial score (nSPS) is 14.0. The zero-order valence-corrected chi connectivity index (χ0v) is 28.5. The molecule has 0 saturated carbocycles. The van der Waals surface area contributed by atoms with E-state index in [0.29, 0.717) is 62.3 Å². The van der Waals surface area contributed by atoms with Gasteiger partial charge in [-0.05, 0) is 30.8 Å². The number of carbonyl (C=O) groups excluding carboxylic acids is 2. The van der Waals surface area contributed by atoms with E-state index in [1.807, 2.05) is 17.3 Å². The van der Waals surface area contributed by atoms with E-state index >= 15 is 8.78 Å². The van der Waals surface area contributed by atoms with E-state index in [2.05, 4.69) is 14.9 Å². The standard InChI is InChI=1S/C35H36F5N5O7/c1-44-6-8-45(9-7-44)19-21-4-5-22(14-25(21)35(38,39)40)43-33(47)32(46)31-26(36)15-23(16-27(31)37)52-34-24-17-29(50-12-10-48-2)30(51-13-11-49-3)18-28(24)41-20-42-34/h4-5,14-18,20H,6-13,19H2,1-3H3,(H,43,47). The zero-order valence-electron chi connectivity index (χ0n) is 28.5. The average Bonchev–Trinajstić information content (AvgIpc) is 3.09. The average molecular weight is 734 g/mol. The molecule has 1 aliphatic rings. The molecule has 1 aliphatic heterocycles. The number of methoxy groups -OCH3 is 2. The Labute approximate surface area is 295 Å². The summed E-state index contributed by atoms with van der Waals surface area (Å²) in [7, 11) is 4.95. The summed E-state index contributed by atoms with van der Waals surface area (Å²) in [5, 5.41) is 2.31. The van der Waals surface area contributed by atoms with E-state index in [0.717, 1.165) is 6.33 Å². The Balaban J connectivity index is 1.34. The van der Waals surface area contributed by atoms with Gasteiger partial charge in [-0.3, -0.25) is 14.5 Å². The highest BCUT2D eigenvalue weighted by atomic mass is 19.4. The van der Waals surface area contributed by atoms with Crippen LogP contribution < -0.4 is 19.5 Å². The molecule has 278 valence electrons. The van der Waals surface area contributed by atoms with Crippen LogP contribution in [0.15, 0.2) is 48.8 Å². The van der Waals surface area contributed by atoms with Crippen LogP contribution in [0.4, 0.5) is 27.6 Å². The number of halogens is 5. The Morgan fingerprint density at radius 1 is 0.846 bits per heavy atom. The maximum absolute atomic E-state index is 15.3. The number of hydrogen-bond acceptors (Lipinski definition) is 11. The zero-order chi connectivity index (χ0) is 37.4. The number of hydrogen-bond donors (Lipinski definition) is 1. The molecule has 1 amide bonds. The van der Waals surface area contributed by atoms with Crippen LogP contribution >= 0.6 is 0 Å². The molecule has 2 heterocycles. The molecule has 1 aromatic heterocycles. The predicted octanol–water partition coefficient (Wildman–Crippen LogP) is 5.34. The highest BCUT2D eigenvalue weighted by Crippen LogP contribution is 2.37. The molecule has 1 saturated heterocycles. The number of fused-ring (bicyclic) bond motifs is 1. The van der Waals surface area contributed by atoms with Crippen LogP contribution in [-0.2, 0) is 27.0 Å². The first-order valence-electron chi connectivity index (χ1n) is 16.0. The van der Waals surface area contributed by atoms with Crippen molar-refractivity contribution in [3.63, 3.8) is 0 Å². The maximum Gasteiger partial charge on any atom is 0.416 e. The number of alkyl halides is 3. The van der Waals surface area contributed by atoms with Gasteiger partial charge in [-0.1, -0.05) is 6.07 Å². The SMILES string of the molecule is COCCOc1cc2ncnc(Oc3cc(F)c(C(=O)C(=O)Nc4ccc(CN5CCN(C)CC5)c(C(F)(F)F)c4)c(F)c3)c2cc1OCCOC. The van der Waals surface area contributed by atoms with Crippen molar-refractivity contribution < 1.29 is 55.2 Å². The number of rotatable bonds is 15. The van der Waals surface area contributed by atoms with Gasteiger partial charge in [0.15, 0.2) is 11.5 Å².